The first kappa shape index (κ1) is 23.1. The van der Waals surface area contributed by atoms with Crippen LogP contribution in [0.15, 0.2) is 18.2 Å². The molecule has 0 radical (unpaired) electrons. The van der Waals surface area contributed by atoms with Crippen LogP contribution in [0.25, 0.3) is 0 Å². The molecule has 9 heteroatoms. The zero-order chi connectivity index (χ0) is 18.3. The molecule has 1 atom stereocenters. The summed E-state index contributed by atoms with van der Waals surface area (Å²) in [5.41, 5.74) is 6.73. The first-order valence-electron chi connectivity index (χ1n) is 7.55. The van der Waals surface area contributed by atoms with Gasteiger partial charge in [0.2, 0.25) is 11.8 Å². The second-order valence-electron chi connectivity index (χ2n) is 5.72. The van der Waals surface area contributed by atoms with Gasteiger partial charge in [-0.2, -0.15) is 0 Å². The monoisotopic (exact) mass is 379 g/mol. The van der Waals surface area contributed by atoms with E-state index >= 15 is 0 Å². The molecular formula is C16H24ClF2N3O3. The topological polar surface area (TPSA) is 93.5 Å². The molecule has 25 heavy (non-hydrogen) atoms. The van der Waals surface area contributed by atoms with Gasteiger partial charge in [0, 0.05) is 11.8 Å². The van der Waals surface area contributed by atoms with Gasteiger partial charge in [-0.05, 0) is 24.5 Å². The van der Waals surface area contributed by atoms with E-state index in [9.17, 15) is 18.4 Å². The third-order valence-electron chi connectivity index (χ3n) is 3.28. The number of hydrogen-bond donors (Lipinski definition) is 3. The van der Waals surface area contributed by atoms with Crippen LogP contribution in [0.4, 0.5) is 14.5 Å². The fraction of sp³-hybridized carbons (Fsp3) is 0.500. The highest BCUT2D eigenvalue weighted by atomic mass is 35.5. The van der Waals surface area contributed by atoms with Gasteiger partial charge in [0.1, 0.15) is 12.4 Å². The minimum Gasteiger partial charge on any atom is -0.487 e. The molecule has 6 nitrogen and oxygen atoms in total. The Morgan fingerprint density at radius 1 is 1.28 bits per heavy atom. The van der Waals surface area contributed by atoms with Crippen molar-refractivity contribution in [2.24, 2.45) is 11.7 Å². The summed E-state index contributed by atoms with van der Waals surface area (Å²) in [5.74, 6) is -0.647. The number of benzene rings is 1. The van der Waals surface area contributed by atoms with Crippen LogP contribution >= 0.6 is 12.4 Å². The highest BCUT2D eigenvalue weighted by Crippen LogP contribution is 2.23. The number of anilines is 1. The number of rotatable bonds is 8. The summed E-state index contributed by atoms with van der Waals surface area (Å²) < 4.78 is 29.4. The number of nitrogens with one attached hydrogen (secondary N) is 2. The molecule has 0 saturated heterocycles. The second-order valence-corrected chi connectivity index (χ2v) is 5.72. The van der Waals surface area contributed by atoms with Crippen molar-refractivity contribution in [3.63, 3.8) is 0 Å². The molecule has 0 aromatic heterocycles. The standard InChI is InChI=1S/C16H23F2N3O3.ClH/c1-9(2)15(19)16(23)20-7-14(22)21-11-5-4-10(3)12(6-11)24-8-13(17)18;/h4-6,9,13,15H,7-8,19H2,1-3H3,(H,20,23)(H,21,22);1H/t15-;/m0./s1. The normalized spacial score (nSPS) is 11.7. The Balaban J connectivity index is 0.00000576. The maximum atomic E-state index is 12.2. The maximum Gasteiger partial charge on any atom is 0.272 e. The zero-order valence-corrected chi connectivity index (χ0v) is 15.2. The lowest BCUT2D eigenvalue weighted by molar-refractivity contribution is -0.125. The van der Waals surface area contributed by atoms with Crippen molar-refractivity contribution in [3.05, 3.63) is 23.8 Å². The zero-order valence-electron chi connectivity index (χ0n) is 14.3. The number of nitrogens with two attached hydrogens (primary N) is 1. The Hall–Kier alpha value is -1.93. The number of carbonyl (C=O) groups excluding carboxylic acids is 2. The summed E-state index contributed by atoms with van der Waals surface area (Å²) in [5, 5.41) is 5.00. The van der Waals surface area contributed by atoms with Crippen LogP contribution in [0.1, 0.15) is 19.4 Å². The fourth-order valence-electron chi connectivity index (χ4n) is 1.78. The predicted molar refractivity (Wildman–Crippen MR) is 94.4 cm³/mol. The van der Waals surface area contributed by atoms with E-state index in [1.807, 2.05) is 0 Å². The molecule has 142 valence electrons. The molecular weight excluding hydrogens is 356 g/mol. The average Bonchev–Trinajstić information content (AvgIpc) is 2.52. The molecule has 0 aliphatic heterocycles. The lowest BCUT2D eigenvalue weighted by Crippen LogP contribution is -2.46. The van der Waals surface area contributed by atoms with Crippen molar-refractivity contribution >= 4 is 29.9 Å². The largest absolute Gasteiger partial charge is 0.487 e. The van der Waals surface area contributed by atoms with Crippen molar-refractivity contribution in [1.29, 1.82) is 0 Å². The molecule has 0 spiro atoms. The molecule has 1 aromatic carbocycles. The highest BCUT2D eigenvalue weighted by Gasteiger charge is 2.17. The minimum absolute atomic E-state index is 0. The van der Waals surface area contributed by atoms with Gasteiger partial charge in [-0.25, -0.2) is 8.78 Å². The number of aryl methyl sites for hydroxylation is 1. The van der Waals surface area contributed by atoms with Crippen molar-refractivity contribution in [1.82, 2.24) is 5.32 Å². The summed E-state index contributed by atoms with van der Waals surface area (Å²) in [6, 6.07) is 4.02. The number of carbonyl (C=O) groups is 2. The Bertz CT molecular complexity index is 586. The first-order valence-corrected chi connectivity index (χ1v) is 7.55. The molecule has 0 fully saturated rings. The third-order valence-corrected chi connectivity index (χ3v) is 3.28. The van der Waals surface area contributed by atoms with E-state index in [1.165, 1.54) is 6.07 Å². The summed E-state index contributed by atoms with van der Waals surface area (Å²) in [6.45, 7) is 4.36. The number of hydrogen-bond acceptors (Lipinski definition) is 4. The fourth-order valence-corrected chi connectivity index (χ4v) is 1.78. The second kappa shape index (κ2) is 10.8. The van der Waals surface area contributed by atoms with Crippen LogP contribution in [0.3, 0.4) is 0 Å². The molecule has 1 rings (SSSR count). The maximum absolute atomic E-state index is 12.2. The van der Waals surface area contributed by atoms with Gasteiger partial charge < -0.3 is 21.1 Å². The van der Waals surface area contributed by atoms with Crippen molar-refractivity contribution in [3.8, 4) is 5.75 Å². The summed E-state index contributed by atoms with van der Waals surface area (Å²) in [7, 11) is 0. The van der Waals surface area contributed by atoms with E-state index in [2.05, 4.69) is 10.6 Å². The van der Waals surface area contributed by atoms with Gasteiger partial charge in [0.05, 0.1) is 12.6 Å². The highest BCUT2D eigenvalue weighted by molar-refractivity contribution is 5.95. The minimum atomic E-state index is -2.58. The Kier molecular flexibility index (Phi) is 10.00. The molecule has 0 aliphatic carbocycles. The van der Waals surface area contributed by atoms with E-state index < -0.39 is 30.9 Å². The molecule has 0 bridgehead atoms. The van der Waals surface area contributed by atoms with Gasteiger partial charge in [0.15, 0.2) is 0 Å². The third kappa shape index (κ3) is 8.13. The van der Waals surface area contributed by atoms with E-state index in [4.69, 9.17) is 10.5 Å². The van der Waals surface area contributed by atoms with Gasteiger partial charge in [0.25, 0.3) is 6.43 Å². The molecule has 4 N–H and O–H groups in total. The lowest BCUT2D eigenvalue weighted by atomic mass is 10.1. The average molecular weight is 380 g/mol. The molecule has 1 aromatic rings. The molecule has 0 heterocycles. The van der Waals surface area contributed by atoms with E-state index in [0.717, 1.165) is 0 Å². The van der Waals surface area contributed by atoms with Crippen molar-refractivity contribution in [2.45, 2.75) is 33.2 Å². The SMILES string of the molecule is Cc1ccc(NC(=O)CNC(=O)[C@@H](N)C(C)C)cc1OCC(F)F.Cl. The van der Waals surface area contributed by atoms with Gasteiger partial charge in [-0.3, -0.25) is 9.59 Å². The Labute approximate surface area is 151 Å². The smallest absolute Gasteiger partial charge is 0.272 e. The predicted octanol–water partition coefficient (Wildman–Crippen LogP) is 2.10. The quantitative estimate of drug-likeness (QED) is 0.644. The van der Waals surface area contributed by atoms with Crippen LogP contribution in [0, 0.1) is 12.8 Å². The number of ether oxygens (including phenoxy) is 1. The van der Waals surface area contributed by atoms with E-state index in [-0.39, 0.29) is 30.6 Å². The number of amides is 2. The van der Waals surface area contributed by atoms with Gasteiger partial charge >= 0.3 is 0 Å². The van der Waals surface area contributed by atoms with E-state index in [1.54, 1.807) is 32.9 Å². The van der Waals surface area contributed by atoms with Gasteiger partial charge in [-0.15, -0.1) is 12.4 Å². The van der Waals surface area contributed by atoms with Crippen molar-refractivity contribution < 1.29 is 23.1 Å². The molecule has 0 unspecified atom stereocenters. The molecule has 0 saturated carbocycles. The van der Waals surface area contributed by atoms with Crippen LogP contribution < -0.4 is 21.1 Å². The number of alkyl halides is 2. The van der Waals surface area contributed by atoms with Crippen LogP contribution in [-0.2, 0) is 9.59 Å². The molecule has 0 aliphatic rings. The summed E-state index contributed by atoms with van der Waals surface area (Å²) >= 11 is 0. The van der Waals surface area contributed by atoms with Crippen LogP contribution in [0.2, 0.25) is 0 Å². The Morgan fingerprint density at radius 2 is 1.92 bits per heavy atom. The van der Waals surface area contributed by atoms with Crippen molar-refractivity contribution in [2.75, 3.05) is 18.5 Å². The lowest BCUT2D eigenvalue weighted by Gasteiger charge is -2.15. The number of halogens is 3. The van der Waals surface area contributed by atoms with Gasteiger partial charge in [-0.1, -0.05) is 19.9 Å². The summed E-state index contributed by atoms with van der Waals surface area (Å²) in [6.07, 6.45) is -2.58. The van der Waals surface area contributed by atoms with E-state index in [0.29, 0.717) is 11.3 Å². The van der Waals surface area contributed by atoms with Crippen LogP contribution in [0.5, 0.6) is 5.75 Å². The Morgan fingerprint density at radius 3 is 2.48 bits per heavy atom. The first-order chi connectivity index (χ1) is 11.2. The summed E-state index contributed by atoms with van der Waals surface area (Å²) in [4.78, 5) is 23.5. The molecule has 2 amide bonds. The van der Waals surface area contributed by atoms with Crippen LogP contribution in [-0.4, -0.2) is 37.4 Å².